The molecule has 0 aromatic heterocycles. The van der Waals surface area contributed by atoms with E-state index in [0.29, 0.717) is 12.5 Å². The van der Waals surface area contributed by atoms with Crippen molar-refractivity contribution in [3.63, 3.8) is 0 Å². The molecule has 0 spiro atoms. The molecule has 34 heavy (non-hydrogen) atoms. The number of fused-ring (bicyclic) bond motifs is 3. The summed E-state index contributed by atoms with van der Waals surface area (Å²) < 4.78 is 7.38. The highest BCUT2D eigenvalue weighted by Crippen LogP contribution is 2.36. The number of hydrogen-bond acceptors (Lipinski definition) is 2. The monoisotopic (exact) mass is 455 g/mol. The van der Waals surface area contributed by atoms with Crippen LogP contribution < -0.4 is 4.90 Å². The highest BCUT2D eigenvalue weighted by Gasteiger charge is 2.47. The molecule has 6 rings (SSSR count). The third kappa shape index (κ3) is 5.34. The van der Waals surface area contributed by atoms with Gasteiger partial charge in [-0.3, -0.25) is 4.90 Å². The number of para-hydroxylation sites is 1. The lowest BCUT2D eigenvalue weighted by Gasteiger charge is -2.52. The van der Waals surface area contributed by atoms with Crippen molar-refractivity contribution in [3.8, 4) is 0 Å². The van der Waals surface area contributed by atoms with Crippen LogP contribution in [0.5, 0.6) is 0 Å². The van der Waals surface area contributed by atoms with Gasteiger partial charge in [-0.15, -0.1) is 0 Å². The van der Waals surface area contributed by atoms with Gasteiger partial charge in [-0.05, 0) is 29.7 Å². The number of aryl methyl sites for hydroxylation is 1. The normalized spacial score (nSPS) is 23.4. The van der Waals surface area contributed by atoms with E-state index in [-0.39, 0.29) is 12.2 Å². The first-order valence-corrected chi connectivity index (χ1v) is 12.7. The first-order valence-electron chi connectivity index (χ1n) is 12.7. The minimum atomic E-state index is -0.226. The van der Waals surface area contributed by atoms with E-state index in [2.05, 4.69) is 42.5 Å². The van der Waals surface area contributed by atoms with Gasteiger partial charge in [0.25, 0.3) is 0 Å². The first kappa shape index (κ1) is 22.7. The van der Waals surface area contributed by atoms with E-state index in [1.54, 1.807) is 4.90 Å². The molecule has 0 saturated carbocycles. The summed E-state index contributed by atoms with van der Waals surface area (Å²) in [5.41, 5.74) is 3.39. The van der Waals surface area contributed by atoms with E-state index in [1.165, 1.54) is 31.6 Å². The molecule has 3 aliphatic rings. The van der Waals surface area contributed by atoms with Crippen molar-refractivity contribution in [1.82, 2.24) is 0 Å². The van der Waals surface area contributed by atoms with Crippen LogP contribution in [-0.2, 0) is 17.7 Å². The maximum atomic E-state index is 13.5. The zero-order valence-electron chi connectivity index (χ0n) is 19.9. The summed E-state index contributed by atoms with van der Waals surface area (Å²) in [5, 5.41) is 0. The summed E-state index contributed by atoms with van der Waals surface area (Å²) in [6.45, 7) is 5.08. The van der Waals surface area contributed by atoms with E-state index in [4.69, 9.17) is 4.74 Å². The summed E-state index contributed by atoms with van der Waals surface area (Å²) in [7, 11) is 0. The summed E-state index contributed by atoms with van der Waals surface area (Å²) >= 11 is 0. The van der Waals surface area contributed by atoms with Gasteiger partial charge >= 0.3 is 6.09 Å². The van der Waals surface area contributed by atoms with Gasteiger partial charge < -0.3 is 9.22 Å². The predicted molar refractivity (Wildman–Crippen MR) is 137 cm³/mol. The standard InChI is InChI=1S/C30H35N2O2/c33-30(31(28-16-8-3-9-17-28)23-26-13-6-2-7-14-26)34-29-24-32(21-18-27(29)19-22-32)20-10-15-25-11-4-1-5-12-25/h1-9,11-14,16-17,27,29H,10,15,18-24H2/q+1/t27?,29-,32?/m1/s1. The fraction of sp³-hybridized carbons (Fsp3) is 0.367. The average molecular weight is 456 g/mol. The molecule has 0 unspecified atom stereocenters. The molecular weight excluding hydrogens is 420 g/mol. The van der Waals surface area contributed by atoms with Crippen LogP contribution in [0.4, 0.5) is 10.5 Å². The molecule has 3 saturated heterocycles. The molecule has 4 heteroatoms. The predicted octanol–water partition coefficient (Wildman–Crippen LogP) is 6.07. The third-order valence-corrected chi connectivity index (χ3v) is 7.71. The lowest BCUT2D eigenvalue weighted by atomic mass is 9.83. The maximum Gasteiger partial charge on any atom is 0.415 e. The Hall–Kier alpha value is -3.11. The summed E-state index contributed by atoms with van der Waals surface area (Å²) in [4.78, 5) is 15.3. The molecule has 0 radical (unpaired) electrons. The maximum absolute atomic E-state index is 13.5. The number of nitrogens with zero attached hydrogens (tertiary/aromatic N) is 2. The van der Waals surface area contributed by atoms with Crippen LogP contribution >= 0.6 is 0 Å². The Morgan fingerprint density at radius 1 is 0.824 bits per heavy atom. The number of hydrogen-bond donors (Lipinski definition) is 0. The quantitative estimate of drug-likeness (QED) is 0.386. The van der Waals surface area contributed by atoms with Crippen molar-refractivity contribution in [3.05, 3.63) is 102 Å². The topological polar surface area (TPSA) is 29.5 Å². The largest absolute Gasteiger partial charge is 0.440 e. The van der Waals surface area contributed by atoms with Crippen LogP contribution in [0.1, 0.15) is 30.4 Å². The van der Waals surface area contributed by atoms with Crippen LogP contribution in [-0.4, -0.2) is 42.9 Å². The smallest absolute Gasteiger partial charge is 0.415 e. The molecule has 1 atom stereocenters. The van der Waals surface area contributed by atoms with Gasteiger partial charge in [-0.1, -0.05) is 78.9 Å². The number of anilines is 1. The van der Waals surface area contributed by atoms with Crippen molar-refractivity contribution < 1.29 is 14.0 Å². The van der Waals surface area contributed by atoms with Gasteiger partial charge in [-0.25, -0.2) is 4.79 Å². The molecule has 176 valence electrons. The van der Waals surface area contributed by atoms with Crippen LogP contribution in [0.2, 0.25) is 0 Å². The van der Waals surface area contributed by atoms with Gasteiger partial charge in [0.05, 0.1) is 26.2 Å². The number of ether oxygens (including phenoxy) is 1. The zero-order chi connectivity index (χ0) is 23.2. The molecular formula is C30H35N2O2+. The second kappa shape index (κ2) is 10.4. The van der Waals surface area contributed by atoms with Gasteiger partial charge in [0.15, 0.2) is 6.10 Å². The van der Waals surface area contributed by atoms with Crippen molar-refractivity contribution in [2.75, 3.05) is 31.1 Å². The lowest BCUT2D eigenvalue weighted by molar-refractivity contribution is -0.946. The zero-order valence-corrected chi connectivity index (χ0v) is 19.9. The number of benzene rings is 3. The molecule has 3 aromatic carbocycles. The van der Waals surface area contributed by atoms with Gasteiger partial charge in [-0.2, -0.15) is 0 Å². The average Bonchev–Trinajstić information content (AvgIpc) is 2.89. The van der Waals surface area contributed by atoms with Crippen LogP contribution in [0.15, 0.2) is 91.0 Å². The van der Waals surface area contributed by atoms with Gasteiger partial charge in [0.1, 0.15) is 6.54 Å². The molecule has 3 aliphatic heterocycles. The number of amides is 1. The number of carbonyl (C=O) groups is 1. The molecule has 0 N–H and O–H groups in total. The van der Waals surface area contributed by atoms with Crippen LogP contribution in [0.3, 0.4) is 0 Å². The molecule has 4 nitrogen and oxygen atoms in total. The fourth-order valence-electron chi connectivity index (χ4n) is 5.76. The second-order valence-corrected chi connectivity index (χ2v) is 9.95. The van der Waals surface area contributed by atoms with Crippen molar-refractivity contribution in [2.24, 2.45) is 5.92 Å². The lowest BCUT2D eigenvalue weighted by Crippen LogP contribution is -2.65. The molecule has 3 heterocycles. The Bertz CT molecular complexity index is 1050. The van der Waals surface area contributed by atoms with E-state index in [0.717, 1.165) is 41.5 Å². The van der Waals surface area contributed by atoms with E-state index in [1.807, 2.05) is 48.5 Å². The molecule has 3 aromatic rings. The SMILES string of the molecule is O=C(O[C@@H]1C[N+]2(CCCc3ccccc3)CCC1CC2)N(Cc1ccccc1)c1ccccc1. The Morgan fingerprint density at radius 2 is 1.41 bits per heavy atom. The Morgan fingerprint density at radius 3 is 2.06 bits per heavy atom. The number of quaternary nitrogens is 1. The van der Waals surface area contributed by atoms with Crippen molar-refractivity contribution >= 4 is 11.8 Å². The summed E-state index contributed by atoms with van der Waals surface area (Å²) in [5.74, 6) is 0.493. The van der Waals surface area contributed by atoms with Crippen molar-refractivity contribution in [2.45, 2.75) is 38.3 Å². The Balaban J connectivity index is 1.25. The molecule has 3 fully saturated rings. The second-order valence-electron chi connectivity index (χ2n) is 9.95. The first-order chi connectivity index (χ1) is 16.7. The van der Waals surface area contributed by atoms with Crippen LogP contribution in [0.25, 0.3) is 0 Å². The molecule has 0 aliphatic carbocycles. The minimum Gasteiger partial charge on any atom is -0.440 e. The number of piperidine rings is 3. The Labute approximate surface area is 203 Å². The van der Waals surface area contributed by atoms with Crippen molar-refractivity contribution in [1.29, 1.82) is 0 Å². The highest BCUT2D eigenvalue weighted by atomic mass is 16.6. The van der Waals surface area contributed by atoms with Gasteiger partial charge in [0.2, 0.25) is 0 Å². The Kier molecular flexibility index (Phi) is 6.96. The van der Waals surface area contributed by atoms with E-state index >= 15 is 0 Å². The fourth-order valence-corrected chi connectivity index (χ4v) is 5.76. The van der Waals surface area contributed by atoms with Crippen LogP contribution in [0, 0.1) is 5.92 Å². The number of carbonyl (C=O) groups excluding carboxylic acids is 1. The molecule has 2 bridgehead atoms. The summed E-state index contributed by atoms with van der Waals surface area (Å²) in [6.07, 6.45) is 4.40. The van der Waals surface area contributed by atoms with E-state index in [9.17, 15) is 4.79 Å². The minimum absolute atomic E-state index is 0.00807. The highest BCUT2D eigenvalue weighted by molar-refractivity contribution is 5.87. The summed E-state index contributed by atoms with van der Waals surface area (Å²) in [6, 6.07) is 30.8. The molecule has 1 amide bonds. The third-order valence-electron chi connectivity index (χ3n) is 7.71. The van der Waals surface area contributed by atoms with Gasteiger partial charge in [0, 0.05) is 30.9 Å². The number of rotatable bonds is 8. The van der Waals surface area contributed by atoms with E-state index < -0.39 is 0 Å².